The smallest absolute Gasteiger partial charge is 0.282 e. The first-order chi connectivity index (χ1) is 14.0. The molecule has 0 aromatic heterocycles. The van der Waals surface area contributed by atoms with Crippen LogP contribution >= 0.6 is 0 Å². The van der Waals surface area contributed by atoms with E-state index in [1.165, 1.54) is 23.1 Å². The van der Waals surface area contributed by atoms with Gasteiger partial charge in [0, 0.05) is 13.6 Å². The van der Waals surface area contributed by atoms with E-state index in [-0.39, 0.29) is 30.1 Å². The summed E-state index contributed by atoms with van der Waals surface area (Å²) in [5, 5.41) is 9.30. The highest BCUT2D eigenvalue weighted by atomic mass is 19.1. The Balaban J connectivity index is 2.05. The van der Waals surface area contributed by atoms with E-state index in [4.69, 9.17) is 4.74 Å². The van der Waals surface area contributed by atoms with Gasteiger partial charge in [-0.1, -0.05) is 31.2 Å². The van der Waals surface area contributed by atoms with Gasteiger partial charge in [-0.25, -0.2) is 9.29 Å². The monoisotopic (exact) mass is 398 g/mol. The molecule has 1 heterocycles. The summed E-state index contributed by atoms with van der Waals surface area (Å²) in [4.78, 5) is 28.7. The minimum absolute atomic E-state index is 0.102. The van der Waals surface area contributed by atoms with Crippen LogP contribution in [0, 0.1) is 5.82 Å². The molecule has 2 amide bonds. The second kappa shape index (κ2) is 8.87. The number of anilines is 1. The predicted octanol–water partition coefficient (Wildman–Crippen LogP) is 2.82. The topological polar surface area (TPSA) is 70.1 Å². The molecule has 0 unspecified atom stereocenters. The van der Waals surface area contributed by atoms with Crippen molar-refractivity contribution in [2.45, 2.75) is 13.3 Å². The molecule has 0 fully saturated rings. The van der Waals surface area contributed by atoms with Crippen LogP contribution in [0.2, 0.25) is 0 Å². The van der Waals surface area contributed by atoms with Gasteiger partial charge >= 0.3 is 0 Å². The van der Waals surface area contributed by atoms with Crippen molar-refractivity contribution < 1.29 is 23.8 Å². The molecule has 0 bridgehead atoms. The molecule has 0 atom stereocenters. The van der Waals surface area contributed by atoms with Crippen LogP contribution in [0.1, 0.15) is 18.9 Å². The molecule has 0 aliphatic carbocycles. The highest BCUT2D eigenvalue weighted by molar-refractivity contribution is 6.45. The van der Waals surface area contributed by atoms with Gasteiger partial charge in [-0.15, -0.1) is 0 Å². The van der Waals surface area contributed by atoms with Crippen molar-refractivity contribution in [1.82, 2.24) is 4.90 Å². The summed E-state index contributed by atoms with van der Waals surface area (Å²) in [6.07, 6.45) is 0.869. The first-order valence-electron chi connectivity index (χ1n) is 9.42. The first-order valence-corrected chi connectivity index (χ1v) is 9.42. The van der Waals surface area contributed by atoms with Crippen molar-refractivity contribution in [2.75, 3.05) is 31.7 Å². The standard InChI is InChI=1S/C22H23FN2O4/c1-3-14-29-16-10-8-15(9-11-16)19-20(24(2)12-13-26)22(28)25(21(19)27)18-7-5-4-6-17(18)23/h4-11,26H,3,12-14H2,1-2H3. The molecule has 1 N–H and O–H groups in total. The minimum atomic E-state index is -0.664. The van der Waals surface area contributed by atoms with E-state index in [9.17, 15) is 19.1 Å². The number of aliphatic hydroxyl groups excluding tert-OH is 1. The van der Waals surface area contributed by atoms with E-state index < -0.39 is 17.6 Å². The molecule has 152 valence electrons. The van der Waals surface area contributed by atoms with Gasteiger partial charge in [0.2, 0.25) is 0 Å². The highest BCUT2D eigenvalue weighted by Gasteiger charge is 2.42. The van der Waals surface area contributed by atoms with Gasteiger partial charge in [0.1, 0.15) is 17.3 Å². The van der Waals surface area contributed by atoms with Gasteiger partial charge in [0.05, 0.1) is 24.5 Å². The number of rotatable bonds is 8. The molecule has 0 spiro atoms. The van der Waals surface area contributed by atoms with E-state index in [0.717, 1.165) is 11.3 Å². The molecule has 2 aromatic carbocycles. The Morgan fingerprint density at radius 2 is 1.76 bits per heavy atom. The van der Waals surface area contributed by atoms with Crippen LogP contribution in [0.25, 0.3) is 5.57 Å². The average molecular weight is 398 g/mol. The van der Waals surface area contributed by atoms with Gasteiger partial charge in [0.25, 0.3) is 11.8 Å². The van der Waals surface area contributed by atoms with Gasteiger partial charge in [-0.3, -0.25) is 9.59 Å². The van der Waals surface area contributed by atoms with Crippen molar-refractivity contribution in [3.8, 4) is 5.75 Å². The molecule has 1 aliphatic heterocycles. The number of nitrogens with zero attached hydrogens (tertiary/aromatic N) is 2. The number of ether oxygens (including phenoxy) is 1. The van der Waals surface area contributed by atoms with Gasteiger partial charge < -0.3 is 14.7 Å². The average Bonchev–Trinajstić information content (AvgIpc) is 2.98. The third-order valence-corrected chi connectivity index (χ3v) is 4.59. The van der Waals surface area contributed by atoms with Crippen molar-refractivity contribution in [3.05, 3.63) is 65.6 Å². The zero-order valence-electron chi connectivity index (χ0n) is 16.4. The van der Waals surface area contributed by atoms with Crippen LogP contribution in [0.3, 0.4) is 0 Å². The molecule has 29 heavy (non-hydrogen) atoms. The van der Waals surface area contributed by atoms with Crippen LogP contribution in [-0.2, 0) is 9.59 Å². The normalized spacial score (nSPS) is 14.0. The van der Waals surface area contributed by atoms with Crippen LogP contribution in [0.4, 0.5) is 10.1 Å². The Morgan fingerprint density at radius 1 is 1.07 bits per heavy atom. The fourth-order valence-corrected chi connectivity index (χ4v) is 3.18. The Morgan fingerprint density at radius 3 is 2.38 bits per heavy atom. The lowest BCUT2D eigenvalue weighted by atomic mass is 10.0. The lowest BCUT2D eigenvalue weighted by molar-refractivity contribution is -0.120. The third-order valence-electron chi connectivity index (χ3n) is 4.59. The second-order valence-electron chi connectivity index (χ2n) is 6.64. The maximum Gasteiger partial charge on any atom is 0.282 e. The van der Waals surface area contributed by atoms with E-state index in [2.05, 4.69) is 0 Å². The number of likely N-dealkylation sites (N-methyl/N-ethyl adjacent to an activating group) is 1. The molecule has 0 saturated heterocycles. The number of imide groups is 1. The number of halogens is 1. The van der Waals surface area contributed by atoms with Crippen LogP contribution in [0.5, 0.6) is 5.75 Å². The van der Waals surface area contributed by atoms with Crippen molar-refractivity contribution in [2.24, 2.45) is 0 Å². The molecule has 1 aliphatic rings. The Hall–Kier alpha value is -3.19. The summed E-state index contributed by atoms with van der Waals surface area (Å²) >= 11 is 0. The Labute approximate surface area is 168 Å². The summed E-state index contributed by atoms with van der Waals surface area (Å²) < 4.78 is 19.9. The summed E-state index contributed by atoms with van der Waals surface area (Å²) in [6.45, 7) is 2.53. The summed E-state index contributed by atoms with van der Waals surface area (Å²) in [7, 11) is 1.61. The van der Waals surface area contributed by atoms with Crippen molar-refractivity contribution in [1.29, 1.82) is 0 Å². The van der Waals surface area contributed by atoms with Crippen molar-refractivity contribution in [3.63, 3.8) is 0 Å². The number of carbonyl (C=O) groups excluding carboxylic acids is 2. The second-order valence-corrected chi connectivity index (χ2v) is 6.64. The molecule has 0 radical (unpaired) electrons. The van der Waals surface area contributed by atoms with E-state index in [0.29, 0.717) is 17.9 Å². The maximum atomic E-state index is 14.3. The van der Waals surface area contributed by atoms with E-state index >= 15 is 0 Å². The third kappa shape index (κ3) is 4.00. The number of amides is 2. The molecular formula is C22H23FN2O4. The van der Waals surface area contributed by atoms with Crippen molar-refractivity contribution >= 4 is 23.1 Å². The number of benzene rings is 2. The summed E-state index contributed by atoms with van der Waals surface area (Å²) in [5.41, 5.74) is 0.701. The molecule has 7 heteroatoms. The molecule has 3 rings (SSSR count). The zero-order valence-corrected chi connectivity index (χ0v) is 16.4. The number of hydrogen-bond donors (Lipinski definition) is 1. The fraction of sp³-hybridized carbons (Fsp3) is 0.273. The lowest BCUT2D eigenvalue weighted by Crippen LogP contribution is -2.35. The fourth-order valence-electron chi connectivity index (χ4n) is 3.18. The largest absolute Gasteiger partial charge is 0.494 e. The quantitative estimate of drug-likeness (QED) is 0.693. The van der Waals surface area contributed by atoms with E-state index in [1.807, 2.05) is 6.92 Å². The summed E-state index contributed by atoms with van der Waals surface area (Å²) in [6, 6.07) is 12.5. The number of carbonyl (C=O) groups is 2. The first kappa shape index (κ1) is 20.5. The molecule has 0 saturated carbocycles. The number of para-hydroxylation sites is 1. The van der Waals surface area contributed by atoms with Gasteiger partial charge in [-0.2, -0.15) is 0 Å². The lowest BCUT2D eigenvalue weighted by Gasteiger charge is -2.20. The van der Waals surface area contributed by atoms with Crippen LogP contribution < -0.4 is 9.64 Å². The molecule has 6 nitrogen and oxygen atoms in total. The summed E-state index contributed by atoms with van der Waals surface area (Å²) in [5.74, 6) is -1.24. The molecular weight excluding hydrogens is 375 g/mol. The van der Waals surface area contributed by atoms with Crippen LogP contribution in [0.15, 0.2) is 54.2 Å². The van der Waals surface area contributed by atoms with Gasteiger partial charge in [0.15, 0.2) is 0 Å². The highest BCUT2D eigenvalue weighted by Crippen LogP contribution is 2.35. The molecule has 2 aromatic rings. The minimum Gasteiger partial charge on any atom is -0.494 e. The number of hydrogen-bond acceptors (Lipinski definition) is 5. The zero-order chi connectivity index (χ0) is 21.0. The maximum absolute atomic E-state index is 14.3. The Bertz CT molecular complexity index is 940. The Kier molecular flexibility index (Phi) is 6.29. The van der Waals surface area contributed by atoms with E-state index in [1.54, 1.807) is 37.4 Å². The predicted molar refractivity (Wildman–Crippen MR) is 108 cm³/mol. The van der Waals surface area contributed by atoms with Crippen LogP contribution in [-0.4, -0.2) is 48.6 Å². The number of aliphatic hydroxyl groups is 1. The SMILES string of the molecule is CCCOc1ccc(C2=C(N(C)CCO)C(=O)N(c3ccccc3F)C2=O)cc1. The van der Waals surface area contributed by atoms with Gasteiger partial charge in [-0.05, 0) is 36.2 Å².